The second-order valence-electron chi connectivity index (χ2n) is 7.91. The fraction of sp³-hybridized carbons (Fsp3) is 0.733. The van der Waals surface area contributed by atoms with Crippen molar-refractivity contribution in [1.29, 1.82) is 0 Å². The lowest BCUT2D eigenvalue weighted by atomic mass is 10.1. The Labute approximate surface area is 116 Å². The van der Waals surface area contributed by atoms with E-state index in [-0.39, 0.29) is 0 Å². The minimum absolute atomic E-state index is 0.454. The quantitative estimate of drug-likeness (QED) is 0.676. The predicted molar refractivity (Wildman–Crippen MR) is 89.8 cm³/mol. The van der Waals surface area contributed by atoms with Crippen molar-refractivity contribution in [3.63, 3.8) is 0 Å². The average Bonchev–Trinajstić information content (AvgIpc) is 2.56. The van der Waals surface area contributed by atoms with Crippen molar-refractivity contribution in [1.82, 2.24) is 4.90 Å². The Morgan fingerprint density at radius 1 is 1.00 bits per heavy atom. The van der Waals surface area contributed by atoms with Crippen LogP contribution in [0, 0.1) is 0 Å². The van der Waals surface area contributed by atoms with E-state index in [0.717, 1.165) is 0 Å². The van der Waals surface area contributed by atoms with Gasteiger partial charge in [0.2, 0.25) is 0 Å². The summed E-state index contributed by atoms with van der Waals surface area (Å²) in [6, 6.07) is 0. The molecule has 1 aliphatic rings. The van der Waals surface area contributed by atoms with Crippen LogP contribution >= 0.6 is 0 Å². The zero-order valence-electron chi connectivity index (χ0n) is 13.6. The fourth-order valence-electron chi connectivity index (χ4n) is 3.76. The highest BCUT2D eigenvalue weighted by Crippen LogP contribution is 2.57. The topological polar surface area (TPSA) is 3.24 Å². The third-order valence-electron chi connectivity index (χ3n) is 4.34. The van der Waals surface area contributed by atoms with Crippen molar-refractivity contribution in [2.24, 2.45) is 0 Å². The van der Waals surface area contributed by atoms with E-state index in [9.17, 15) is 0 Å². The lowest BCUT2D eigenvalue weighted by Crippen LogP contribution is -2.54. The largest absolute Gasteiger partial charge is 0.309 e. The van der Waals surface area contributed by atoms with E-state index in [1.54, 1.807) is 5.57 Å². The van der Waals surface area contributed by atoms with Crippen LogP contribution in [0.4, 0.5) is 0 Å². The third kappa shape index (κ3) is 2.73. The monoisotopic (exact) mass is 281 g/mol. The standard InChI is InChI=1S/C15H31NSi2/c1-16(2)13-11-14-10-9-12-15(14,17(3,4)5)18(6,7)8/h9-10,12H,11,13H2,1-8H3. The molecule has 0 aromatic heterocycles. The first-order chi connectivity index (χ1) is 8.02. The molecular weight excluding hydrogens is 250 g/mol. The van der Waals surface area contributed by atoms with Gasteiger partial charge in [0.05, 0.1) is 16.1 Å². The molecule has 0 aliphatic heterocycles. The first-order valence-corrected chi connectivity index (χ1v) is 14.1. The van der Waals surface area contributed by atoms with Crippen LogP contribution in [0.5, 0.6) is 0 Å². The number of rotatable bonds is 5. The molecule has 1 nitrogen and oxygen atoms in total. The van der Waals surface area contributed by atoms with Gasteiger partial charge in [0.15, 0.2) is 0 Å². The number of hydrogen-bond acceptors (Lipinski definition) is 1. The summed E-state index contributed by atoms with van der Waals surface area (Å²) < 4.78 is 0.454. The van der Waals surface area contributed by atoms with Crippen molar-refractivity contribution in [2.75, 3.05) is 20.6 Å². The maximum atomic E-state index is 2.57. The molecule has 0 saturated carbocycles. The van der Waals surface area contributed by atoms with Crippen LogP contribution in [0.15, 0.2) is 23.8 Å². The van der Waals surface area contributed by atoms with E-state index < -0.39 is 16.1 Å². The van der Waals surface area contributed by atoms with Gasteiger partial charge in [0, 0.05) is 6.54 Å². The zero-order valence-corrected chi connectivity index (χ0v) is 15.6. The van der Waals surface area contributed by atoms with Gasteiger partial charge in [-0.1, -0.05) is 63.1 Å². The molecule has 0 heterocycles. The highest BCUT2D eigenvalue weighted by molar-refractivity contribution is 7.00. The molecule has 1 rings (SSSR count). The second-order valence-corrected chi connectivity index (χ2v) is 19.0. The molecule has 0 fully saturated rings. The molecule has 104 valence electrons. The van der Waals surface area contributed by atoms with Crippen LogP contribution in [0.3, 0.4) is 0 Å². The van der Waals surface area contributed by atoms with E-state index in [1.165, 1.54) is 13.0 Å². The van der Waals surface area contributed by atoms with Crippen molar-refractivity contribution in [2.45, 2.75) is 50.4 Å². The molecule has 0 amide bonds. The van der Waals surface area contributed by atoms with Gasteiger partial charge < -0.3 is 4.90 Å². The van der Waals surface area contributed by atoms with Crippen LogP contribution < -0.4 is 0 Å². The fourth-order valence-corrected chi connectivity index (χ4v) is 16.3. The number of nitrogens with zero attached hydrogens (tertiary/aromatic N) is 1. The van der Waals surface area contributed by atoms with Crippen LogP contribution in [-0.2, 0) is 0 Å². The summed E-state index contributed by atoms with van der Waals surface area (Å²) in [5.41, 5.74) is 1.72. The Bertz CT molecular complexity index is 340. The van der Waals surface area contributed by atoms with Crippen LogP contribution in [0.2, 0.25) is 43.9 Å². The molecule has 0 N–H and O–H groups in total. The van der Waals surface area contributed by atoms with Gasteiger partial charge in [-0.15, -0.1) is 0 Å². The Kier molecular flexibility index (Phi) is 4.51. The highest BCUT2D eigenvalue weighted by atomic mass is 28.4. The smallest absolute Gasteiger partial charge is 0.0566 e. The average molecular weight is 282 g/mol. The molecule has 0 radical (unpaired) electrons. The van der Waals surface area contributed by atoms with E-state index in [1.807, 2.05) is 0 Å². The highest BCUT2D eigenvalue weighted by Gasteiger charge is 2.53. The molecule has 3 heteroatoms. The van der Waals surface area contributed by atoms with Crippen molar-refractivity contribution in [3.05, 3.63) is 23.8 Å². The maximum Gasteiger partial charge on any atom is 0.0566 e. The molecule has 18 heavy (non-hydrogen) atoms. The van der Waals surface area contributed by atoms with E-state index in [0.29, 0.717) is 4.66 Å². The Hall–Kier alpha value is -0.126. The summed E-state index contributed by atoms with van der Waals surface area (Å²) in [5, 5.41) is 0. The van der Waals surface area contributed by atoms with E-state index in [4.69, 9.17) is 0 Å². The molecule has 0 saturated heterocycles. The summed E-state index contributed by atoms with van der Waals surface area (Å²) in [6.45, 7) is 16.4. The van der Waals surface area contributed by atoms with Gasteiger partial charge in [0.25, 0.3) is 0 Å². The second kappa shape index (κ2) is 5.10. The van der Waals surface area contributed by atoms with Gasteiger partial charge in [-0.25, -0.2) is 0 Å². The Morgan fingerprint density at radius 2 is 1.50 bits per heavy atom. The molecule has 0 bridgehead atoms. The predicted octanol–water partition coefficient (Wildman–Crippen LogP) is 4.39. The zero-order chi connectivity index (χ0) is 14.2. The van der Waals surface area contributed by atoms with Crippen molar-refractivity contribution < 1.29 is 0 Å². The lowest BCUT2D eigenvalue weighted by Gasteiger charge is -2.50. The summed E-state index contributed by atoms with van der Waals surface area (Å²) in [4.78, 5) is 2.30. The maximum absolute atomic E-state index is 2.57. The normalized spacial score (nSPS) is 19.5. The SMILES string of the molecule is CN(C)CCC1=CC=CC1([Si](C)(C)C)[Si](C)(C)C. The summed E-state index contributed by atoms with van der Waals surface area (Å²) in [6.07, 6.45) is 8.55. The molecular formula is C15H31NSi2. The van der Waals surface area contributed by atoms with Gasteiger partial charge in [-0.05, 0) is 25.2 Å². The molecule has 0 atom stereocenters. The first kappa shape index (κ1) is 15.9. The van der Waals surface area contributed by atoms with Crippen LogP contribution in [0.25, 0.3) is 0 Å². The summed E-state index contributed by atoms with van der Waals surface area (Å²) >= 11 is 0. The third-order valence-corrected chi connectivity index (χ3v) is 14.6. The molecule has 0 aromatic carbocycles. The van der Waals surface area contributed by atoms with Crippen molar-refractivity contribution in [3.8, 4) is 0 Å². The number of hydrogen-bond donors (Lipinski definition) is 0. The van der Waals surface area contributed by atoms with Crippen LogP contribution in [-0.4, -0.2) is 41.7 Å². The Morgan fingerprint density at radius 3 is 1.89 bits per heavy atom. The van der Waals surface area contributed by atoms with Crippen LogP contribution in [0.1, 0.15) is 6.42 Å². The molecule has 0 unspecified atom stereocenters. The minimum Gasteiger partial charge on any atom is -0.309 e. The molecule has 0 aromatic rings. The summed E-state index contributed by atoms with van der Waals surface area (Å²) in [7, 11) is 1.83. The lowest BCUT2D eigenvalue weighted by molar-refractivity contribution is 0.411. The van der Waals surface area contributed by atoms with Gasteiger partial charge >= 0.3 is 0 Å². The Balaban J connectivity index is 3.13. The molecule has 1 aliphatic carbocycles. The van der Waals surface area contributed by atoms with E-state index >= 15 is 0 Å². The van der Waals surface area contributed by atoms with Gasteiger partial charge in [0.1, 0.15) is 0 Å². The van der Waals surface area contributed by atoms with Gasteiger partial charge in [-0.3, -0.25) is 0 Å². The molecule has 0 spiro atoms. The summed E-state index contributed by atoms with van der Waals surface area (Å²) in [5.74, 6) is 0. The van der Waals surface area contributed by atoms with Gasteiger partial charge in [-0.2, -0.15) is 0 Å². The first-order valence-electron chi connectivity index (χ1n) is 7.06. The minimum atomic E-state index is -1.26. The van der Waals surface area contributed by atoms with Crippen molar-refractivity contribution >= 4 is 16.1 Å². The van der Waals surface area contributed by atoms with E-state index in [2.05, 4.69) is 76.5 Å². The number of allylic oxidation sites excluding steroid dienone is 3.